The van der Waals surface area contributed by atoms with E-state index in [9.17, 15) is 9.59 Å². The van der Waals surface area contributed by atoms with Crippen molar-refractivity contribution in [2.75, 3.05) is 12.3 Å². The van der Waals surface area contributed by atoms with Crippen molar-refractivity contribution in [3.8, 4) is 0 Å². The Kier molecular flexibility index (Phi) is 5.64. The molecule has 5 nitrogen and oxygen atoms in total. The molecule has 6 heteroatoms. The van der Waals surface area contributed by atoms with Crippen LogP contribution >= 0.6 is 11.8 Å². The predicted molar refractivity (Wildman–Crippen MR) is 83.0 cm³/mol. The quantitative estimate of drug-likeness (QED) is 0.828. The van der Waals surface area contributed by atoms with Crippen molar-refractivity contribution in [1.82, 2.24) is 4.90 Å². The Morgan fingerprint density at radius 3 is 2.76 bits per heavy atom. The third-order valence-corrected chi connectivity index (χ3v) is 4.68. The normalized spacial score (nSPS) is 19.5. The van der Waals surface area contributed by atoms with Crippen molar-refractivity contribution < 1.29 is 14.7 Å². The zero-order valence-electron chi connectivity index (χ0n) is 11.8. The number of benzene rings is 1. The maximum atomic E-state index is 12.2. The summed E-state index contributed by atoms with van der Waals surface area (Å²) in [6.07, 6.45) is 1.25. The lowest BCUT2D eigenvalue weighted by atomic mass is 10.2. The Morgan fingerprint density at radius 2 is 2.10 bits per heavy atom. The van der Waals surface area contributed by atoms with Crippen LogP contribution in [-0.4, -0.2) is 46.3 Å². The van der Waals surface area contributed by atoms with Gasteiger partial charge in [0.2, 0.25) is 5.91 Å². The van der Waals surface area contributed by atoms with Gasteiger partial charge in [0, 0.05) is 18.1 Å². The van der Waals surface area contributed by atoms with Crippen molar-refractivity contribution in [2.24, 2.45) is 5.73 Å². The minimum Gasteiger partial charge on any atom is -0.480 e. The van der Waals surface area contributed by atoms with E-state index in [0.29, 0.717) is 18.7 Å². The summed E-state index contributed by atoms with van der Waals surface area (Å²) in [7, 11) is 0. The number of hydrogen-bond donors (Lipinski definition) is 2. The number of carbonyl (C=O) groups is 2. The van der Waals surface area contributed by atoms with Crippen LogP contribution in [0.3, 0.4) is 0 Å². The molecule has 0 radical (unpaired) electrons. The van der Waals surface area contributed by atoms with Crippen LogP contribution in [0.5, 0.6) is 0 Å². The highest BCUT2D eigenvalue weighted by Crippen LogP contribution is 2.19. The second kappa shape index (κ2) is 7.47. The van der Waals surface area contributed by atoms with E-state index in [1.54, 1.807) is 11.8 Å². The lowest BCUT2D eigenvalue weighted by molar-refractivity contribution is -0.148. The van der Waals surface area contributed by atoms with Crippen LogP contribution in [0, 0.1) is 0 Å². The largest absolute Gasteiger partial charge is 0.480 e. The molecule has 1 unspecified atom stereocenters. The van der Waals surface area contributed by atoms with Gasteiger partial charge in [0.05, 0.1) is 6.04 Å². The Bertz CT molecular complexity index is 495. The van der Waals surface area contributed by atoms with Crippen molar-refractivity contribution in [2.45, 2.75) is 30.7 Å². The van der Waals surface area contributed by atoms with Crippen molar-refractivity contribution >= 4 is 23.6 Å². The molecule has 0 saturated carbocycles. The number of carbonyl (C=O) groups excluding carboxylic acids is 1. The molecule has 2 atom stereocenters. The number of hydrogen-bond acceptors (Lipinski definition) is 4. The molecule has 0 bridgehead atoms. The summed E-state index contributed by atoms with van der Waals surface area (Å²) < 4.78 is 0. The van der Waals surface area contributed by atoms with Crippen molar-refractivity contribution in [3.63, 3.8) is 0 Å². The number of rotatable bonds is 6. The number of carboxylic acid groups (broad SMARTS) is 1. The Hall–Kier alpha value is -1.53. The van der Waals surface area contributed by atoms with E-state index in [2.05, 4.69) is 0 Å². The summed E-state index contributed by atoms with van der Waals surface area (Å²) in [5.41, 5.74) is 7.11. The Morgan fingerprint density at radius 1 is 1.38 bits per heavy atom. The van der Waals surface area contributed by atoms with Gasteiger partial charge >= 0.3 is 5.97 Å². The van der Waals surface area contributed by atoms with Crippen LogP contribution < -0.4 is 5.73 Å². The maximum Gasteiger partial charge on any atom is 0.326 e. The maximum absolute atomic E-state index is 12.2. The highest BCUT2D eigenvalue weighted by molar-refractivity contribution is 7.98. The zero-order valence-corrected chi connectivity index (χ0v) is 12.6. The molecular formula is C15H20N2O3S. The molecule has 0 aromatic heterocycles. The van der Waals surface area contributed by atoms with Crippen molar-refractivity contribution in [1.29, 1.82) is 0 Å². The van der Waals surface area contributed by atoms with Gasteiger partial charge in [-0.1, -0.05) is 30.3 Å². The first kappa shape index (κ1) is 15.9. The first-order valence-electron chi connectivity index (χ1n) is 7.00. The average Bonchev–Trinajstić information content (AvgIpc) is 2.97. The van der Waals surface area contributed by atoms with E-state index >= 15 is 0 Å². The van der Waals surface area contributed by atoms with Gasteiger partial charge in [-0.05, 0) is 18.4 Å². The first-order valence-corrected chi connectivity index (χ1v) is 8.15. The fourth-order valence-electron chi connectivity index (χ4n) is 2.45. The minimum atomic E-state index is -0.940. The van der Waals surface area contributed by atoms with Crippen LogP contribution in [0.4, 0.5) is 0 Å². The summed E-state index contributed by atoms with van der Waals surface area (Å²) >= 11 is 1.59. The summed E-state index contributed by atoms with van der Waals surface area (Å²) in [6, 6.07) is 8.62. The van der Waals surface area contributed by atoms with Crippen LogP contribution in [0.1, 0.15) is 18.4 Å². The molecule has 1 aromatic carbocycles. The third-order valence-electron chi connectivity index (χ3n) is 3.55. The monoisotopic (exact) mass is 308 g/mol. The third kappa shape index (κ3) is 4.22. The Balaban J connectivity index is 1.81. The van der Waals surface area contributed by atoms with Crippen molar-refractivity contribution in [3.05, 3.63) is 35.9 Å². The summed E-state index contributed by atoms with van der Waals surface area (Å²) in [5, 5.41) is 9.10. The lowest BCUT2D eigenvalue weighted by Crippen LogP contribution is -2.49. The first-order chi connectivity index (χ1) is 10.1. The van der Waals surface area contributed by atoms with E-state index in [1.807, 2.05) is 30.3 Å². The van der Waals surface area contributed by atoms with E-state index in [1.165, 1.54) is 10.5 Å². The number of nitrogens with zero attached hydrogens (tertiary/aromatic N) is 1. The summed E-state index contributed by atoms with van der Waals surface area (Å²) in [5.74, 6) is 0.103. The molecule has 0 aliphatic carbocycles. The molecule has 1 saturated heterocycles. The van der Waals surface area contributed by atoms with E-state index in [-0.39, 0.29) is 5.91 Å². The molecular weight excluding hydrogens is 288 g/mol. The molecule has 0 spiro atoms. The highest BCUT2D eigenvalue weighted by atomic mass is 32.2. The number of likely N-dealkylation sites (tertiary alicyclic amines) is 1. The lowest BCUT2D eigenvalue weighted by Gasteiger charge is -2.24. The molecule has 114 valence electrons. The second-order valence-electron chi connectivity index (χ2n) is 5.14. The number of nitrogens with two attached hydrogens (primary N) is 1. The predicted octanol–water partition coefficient (Wildman–Crippen LogP) is 1.32. The van der Waals surface area contributed by atoms with E-state index < -0.39 is 18.1 Å². The molecule has 1 aliphatic heterocycles. The van der Waals surface area contributed by atoms with Gasteiger partial charge in [0.1, 0.15) is 6.04 Å². The molecule has 2 rings (SSSR count). The van der Waals surface area contributed by atoms with Gasteiger partial charge in [0.25, 0.3) is 0 Å². The topological polar surface area (TPSA) is 83.6 Å². The SMILES string of the molecule is NC(CSCc1ccccc1)C(=O)N1CCC[C@H]1C(=O)O. The number of thioether (sulfide) groups is 1. The molecule has 1 amide bonds. The van der Waals surface area contributed by atoms with Gasteiger partial charge in [-0.3, -0.25) is 4.79 Å². The summed E-state index contributed by atoms with van der Waals surface area (Å²) in [4.78, 5) is 24.7. The highest BCUT2D eigenvalue weighted by Gasteiger charge is 2.35. The van der Waals surface area contributed by atoms with E-state index in [0.717, 1.165) is 12.2 Å². The fourth-order valence-corrected chi connectivity index (χ4v) is 3.39. The number of carboxylic acids is 1. The zero-order chi connectivity index (χ0) is 15.2. The van der Waals surface area contributed by atoms with Gasteiger partial charge in [-0.2, -0.15) is 11.8 Å². The number of amides is 1. The fraction of sp³-hybridized carbons (Fsp3) is 0.467. The van der Waals surface area contributed by atoms with Crippen LogP contribution in [0.25, 0.3) is 0 Å². The standard InChI is InChI=1S/C15H20N2O3S/c16-12(10-21-9-11-5-2-1-3-6-11)14(18)17-8-4-7-13(17)15(19)20/h1-3,5-6,12-13H,4,7-10,16H2,(H,19,20)/t12?,13-/m0/s1. The second-order valence-corrected chi connectivity index (χ2v) is 6.17. The van der Waals surface area contributed by atoms with Gasteiger partial charge in [-0.25, -0.2) is 4.79 Å². The summed E-state index contributed by atoms with van der Waals surface area (Å²) in [6.45, 7) is 0.493. The van der Waals surface area contributed by atoms with Gasteiger partial charge in [-0.15, -0.1) is 0 Å². The van der Waals surface area contributed by atoms with Crippen LogP contribution in [0.15, 0.2) is 30.3 Å². The van der Waals surface area contributed by atoms with Crippen LogP contribution in [-0.2, 0) is 15.3 Å². The molecule has 21 heavy (non-hydrogen) atoms. The molecule has 1 fully saturated rings. The molecule has 1 heterocycles. The number of aliphatic carboxylic acids is 1. The minimum absolute atomic E-state index is 0.250. The molecule has 1 aromatic rings. The smallest absolute Gasteiger partial charge is 0.326 e. The van der Waals surface area contributed by atoms with Gasteiger partial charge < -0.3 is 15.7 Å². The van der Waals surface area contributed by atoms with Crippen LogP contribution in [0.2, 0.25) is 0 Å². The van der Waals surface area contributed by atoms with Gasteiger partial charge in [0.15, 0.2) is 0 Å². The molecule has 3 N–H and O–H groups in total. The Labute approximate surface area is 128 Å². The molecule has 1 aliphatic rings. The average molecular weight is 308 g/mol. The van der Waals surface area contributed by atoms with E-state index in [4.69, 9.17) is 10.8 Å².